The molecule has 5 heteroatoms. The Morgan fingerprint density at radius 3 is 3.10 bits per heavy atom. The molecule has 1 amide bonds. The number of thioether (sulfide) groups is 1. The molecule has 106 valence electrons. The van der Waals surface area contributed by atoms with Crippen molar-refractivity contribution < 1.29 is 4.79 Å². The normalized spacial score (nSPS) is 19.4. The fourth-order valence-corrected chi connectivity index (χ4v) is 4.54. The molecule has 1 unspecified atom stereocenters. The van der Waals surface area contributed by atoms with Gasteiger partial charge in [0.1, 0.15) is 0 Å². The molecular weight excluding hydrogens is 288 g/mol. The zero-order chi connectivity index (χ0) is 13.9. The fraction of sp³-hybridized carbons (Fsp3) is 0.467. The van der Waals surface area contributed by atoms with Crippen LogP contribution in [0.4, 0.5) is 0 Å². The van der Waals surface area contributed by atoms with E-state index in [0.29, 0.717) is 11.8 Å². The zero-order valence-electron chi connectivity index (χ0n) is 11.5. The summed E-state index contributed by atoms with van der Waals surface area (Å²) >= 11 is 3.23. The first-order valence-corrected chi connectivity index (χ1v) is 8.82. The maximum Gasteiger partial charge on any atom is 0.233 e. The maximum absolute atomic E-state index is 12.3. The monoisotopic (exact) mass is 306 g/mol. The molecule has 0 saturated carbocycles. The van der Waals surface area contributed by atoms with Crippen molar-refractivity contribution in [2.75, 3.05) is 12.3 Å². The van der Waals surface area contributed by atoms with Crippen molar-refractivity contribution in [1.82, 2.24) is 9.88 Å². The Kier molecular flexibility index (Phi) is 4.27. The van der Waals surface area contributed by atoms with Gasteiger partial charge in [0.2, 0.25) is 5.91 Å². The van der Waals surface area contributed by atoms with Gasteiger partial charge >= 0.3 is 0 Å². The van der Waals surface area contributed by atoms with Gasteiger partial charge in [-0.25, -0.2) is 4.98 Å². The van der Waals surface area contributed by atoms with E-state index < -0.39 is 0 Å². The molecule has 1 aromatic heterocycles. The van der Waals surface area contributed by atoms with Crippen LogP contribution < -0.4 is 0 Å². The van der Waals surface area contributed by atoms with Crippen molar-refractivity contribution in [2.24, 2.45) is 0 Å². The lowest BCUT2D eigenvalue weighted by Gasteiger charge is -2.33. The predicted octanol–water partition coefficient (Wildman–Crippen LogP) is 3.79. The second-order valence-corrected chi connectivity index (χ2v) is 7.42. The number of likely N-dealkylation sites (tertiary alicyclic amines) is 1. The molecule has 0 radical (unpaired) electrons. The quantitative estimate of drug-likeness (QED) is 0.809. The van der Waals surface area contributed by atoms with Crippen LogP contribution in [0, 0.1) is 0 Å². The predicted molar refractivity (Wildman–Crippen MR) is 85.4 cm³/mol. The number of amides is 1. The highest BCUT2D eigenvalue weighted by Gasteiger charge is 2.23. The molecule has 1 aliphatic heterocycles. The number of piperidine rings is 1. The molecule has 0 spiro atoms. The highest BCUT2D eigenvalue weighted by atomic mass is 32.2. The first kappa shape index (κ1) is 13.9. The molecule has 3 nitrogen and oxygen atoms in total. The summed E-state index contributed by atoms with van der Waals surface area (Å²) < 4.78 is 2.18. The summed E-state index contributed by atoms with van der Waals surface area (Å²) in [7, 11) is 0. The molecule has 0 N–H and O–H groups in total. The van der Waals surface area contributed by atoms with Crippen LogP contribution in [0.15, 0.2) is 28.6 Å². The Morgan fingerprint density at radius 1 is 1.45 bits per heavy atom. The summed E-state index contributed by atoms with van der Waals surface area (Å²) in [4.78, 5) is 18.9. The summed E-state index contributed by atoms with van der Waals surface area (Å²) in [6.45, 7) is 3.07. The molecule has 3 rings (SSSR count). The fourth-order valence-electron chi connectivity index (χ4n) is 2.59. The van der Waals surface area contributed by atoms with E-state index in [-0.39, 0.29) is 5.91 Å². The Hall–Kier alpha value is -1.07. The van der Waals surface area contributed by atoms with Gasteiger partial charge in [0.25, 0.3) is 0 Å². The van der Waals surface area contributed by atoms with Gasteiger partial charge < -0.3 is 4.90 Å². The number of para-hydroxylation sites is 1. The van der Waals surface area contributed by atoms with Crippen molar-refractivity contribution in [2.45, 2.75) is 36.6 Å². The second-order valence-electron chi connectivity index (χ2n) is 5.17. The SMILES string of the molecule is CC1CCCCN1C(=O)CSc1nc2ccccc2s1. The van der Waals surface area contributed by atoms with E-state index in [0.717, 1.165) is 29.2 Å². The molecule has 2 aromatic rings. The van der Waals surface area contributed by atoms with Crippen molar-refractivity contribution in [3.05, 3.63) is 24.3 Å². The number of carbonyl (C=O) groups excluding carboxylic acids is 1. The van der Waals surface area contributed by atoms with E-state index in [4.69, 9.17) is 0 Å². The maximum atomic E-state index is 12.3. The summed E-state index contributed by atoms with van der Waals surface area (Å²) in [5, 5.41) is 0. The molecule has 1 fully saturated rings. The van der Waals surface area contributed by atoms with Gasteiger partial charge in [-0.3, -0.25) is 4.79 Å². The van der Waals surface area contributed by atoms with Gasteiger partial charge in [-0.2, -0.15) is 0 Å². The Labute approximate surface area is 127 Å². The van der Waals surface area contributed by atoms with Gasteiger partial charge in [0.15, 0.2) is 4.34 Å². The van der Waals surface area contributed by atoms with E-state index in [1.54, 1.807) is 23.1 Å². The number of nitrogens with zero attached hydrogens (tertiary/aromatic N) is 2. The van der Waals surface area contributed by atoms with E-state index >= 15 is 0 Å². The number of carbonyl (C=O) groups is 1. The minimum atomic E-state index is 0.251. The van der Waals surface area contributed by atoms with Crippen molar-refractivity contribution in [3.8, 4) is 0 Å². The third-order valence-electron chi connectivity index (χ3n) is 3.72. The van der Waals surface area contributed by atoms with Crippen molar-refractivity contribution >= 4 is 39.2 Å². The van der Waals surface area contributed by atoms with Gasteiger partial charge in [-0.05, 0) is 38.3 Å². The molecule has 1 aromatic carbocycles. The van der Waals surface area contributed by atoms with E-state index in [1.165, 1.54) is 11.1 Å². The smallest absolute Gasteiger partial charge is 0.233 e. The lowest BCUT2D eigenvalue weighted by atomic mass is 10.0. The number of fused-ring (bicyclic) bond motifs is 1. The minimum absolute atomic E-state index is 0.251. The summed E-state index contributed by atoms with van der Waals surface area (Å²) in [6, 6.07) is 8.51. The Morgan fingerprint density at radius 2 is 2.30 bits per heavy atom. The topological polar surface area (TPSA) is 33.2 Å². The molecular formula is C15H18N2OS2. The van der Waals surface area contributed by atoms with Crippen LogP contribution in [0.5, 0.6) is 0 Å². The summed E-state index contributed by atoms with van der Waals surface area (Å²) in [6.07, 6.45) is 3.52. The van der Waals surface area contributed by atoms with Gasteiger partial charge in [-0.15, -0.1) is 11.3 Å². The number of thiazole rings is 1. The molecule has 0 aliphatic carbocycles. The highest BCUT2D eigenvalue weighted by Crippen LogP contribution is 2.29. The standard InChI is InChI=1S/C15H18N2OS2/c1-11-6-4-5-9-17(11)14(18)10-19-15-16-12-7-2-3-8-13(12)20-15/h2-3,7-8,11H,4-6,9-10H2,1H3. The van der Waals surface area contributed by atoms with Gasteiger partial charge in [-0.1, -0.05) is 23.9 Å². The minimum Gasteiger partial charge on any atom is -0.339 e. The van der Waals surface area contributed by atoms with E-state index in [1.807, 2.05) is 23.1 Å². The number of rotatable bonds is 3. The zero-order valence-corrected chi connectivity index (χ0v) is 13.2. The molecule has 1 saturated heterocycles. The van der Waals surface area contributed by atoms with Crippen LogP contribution in [0.25, 0.3) is 10.2 Å². The number of aromatic nitrogens is 1. The van der Waals surface area contributed by atoms with Crippen LogP contribution >= 0.6 is 23.1 Å². The van der Waals surface area contributed by atoms with E-state index in [2.05, 4.69) is 18.0 Å². The lowest BCUT2D eigenvalue weighted by Crippen LogP contribution is -2.42. The molecule has 1 aliphatic rings. The molecule has 1 atom stereocenters. The molecule has 20 heavy (non-hydrogen) atoms. The number of hydrogen-bond donors (Lipinski definition) is 0. The van der Waals surface area contributed by atoms with Crippen LogP contribution in [0.3, 0.4) is 0 Å². The lowest BCUT2D eigenvalue weighted by molar-refractivity contribution is -0.131. The molecule has 2 heterocycles. The van der Waals surface area contributed by atoms with Crippen molar-refractivity contribution in [1.29, 1.82) is 0 Å². The summed E-state index contributed by atoms with van der Waals surface area (Å²) in [5.41, 5.74) is 1.03. The number of benzene rings is 1. The third-order valence-corrected chi connectivity index (χ3v) is 5.88. The average Bonchev–Trinajstić information content (AvgIpc) is 2.88. The molecule has 0 bridgehead atoms. The Balaban J connectivity index is 1.62. The third kappa shape index (κ3) is 2.99. The van der Waals surface area contributed by atoms with Crippen LogP contribution in [0.1, 0.15) is 26.2 Å². The number of hydrogen-bond acceptors (Lipinski definition) is 4. The van der Waals surface area contributed by atoms with Crippen LogP contribution in [0.2, 0.25) is 0 Å². The largest absolute Gasteiger partial charge is 0.339 e. The Bertz CT molecular complexity index is 578. The van der Waals surface area contributed by atoms with Gasteiger partial charge in [0.05, 0.1) is 16.0 Å². The highest BCUT2D eigenvalue weighted by molar-refractivity contribution is 8.01. The first-order chi connectivity index (χ1) is 9.74. The van der Waals surface area contributed by atoms with Crippen LogP contribution in [-0.2, 0) is 4.79 Å². The van der Waals surface area contributed by atoms with Gasteiger partial charge in [0, 0.05) is 12.6 Å². The summed E-state index contributed by atoms with van der Waals surface area (Å²) in [5.74, 6) is 0.755. The second kappa shape index (κ2) is 6.14. The van der Waals surface area contributed by atoms with Crippen molar-refractivity contribution in [3.63, 3.8) is 0 Å². The van der Waals surface area contributed by atoms with E-state index in [9.17, 15) is 4.79 Å². The average molecular weight is 306 g/mol. The first-order valence-electron chi connectivity index (χ1n) is 7.02. The van der Waals surface area contributed by atoms with Crippen LogP contribution in [-0.4, -0.2) is 34.1 Å².